The predicted molar refractivity (Wildman–Crippen MR) is 332 cm³/mol. The molecule has 0 bridgehead atoms. The molecule has 0 saturated carbocycles. The molecule has 0 spiro atoms. The second-order valence-corrected chi connectivity index (χ2v) is 21.0. The molecule has 3 heterocycles. The van der Waals surface area contributed by atoms with Crippen molar-refractivity contribution in [2.45, 2.75) is 129 Å². The van der Waals surface area contributed by atoms with Gasteiger partial charge in [-0.1, -0.05) is 197 Å². The molecule has 0 amide bonds. The van der Waals surface area contributed by atoms with Gasteiger partial charge in [-0.25, -0.2) is 4.98 Å². The largest absolute Gasteiger partial charge is 0.458 e. The molecule has 3 aromatic heterocycles. The van der Waals surface area contributed by atoms with Crippen LogP contribution in [0.15, 0.2) is 188 Å². The number of rotatable bonds is 9. The van der Waals surface area contributed by atoms with E-state index >= 15 is 0 Å². The van der Waals surface area contributed by atoms with Crippen molar-refractivity contribution in [3.05, 3.63) is 222 Å². The van der Waals surface area contributed by atoms with Crippen LogP contribution in [0.25, 0.3) is 83.4 Å². The molecule has 80 heavy (non-hydrogen) atoms. The average molecular weight is 1090 g/mol. The van der Waals surface area contributed by atoms with Gasteiger partial charge in [-0.2, -0.15) is 0 Å². The van der Waals surface area contributed by atoms with Crippen LogP contribution in [-0.2, 0) is 28.0 Å². The predicted octanol–water partition coefficient (Wildman–Crippen LogP) is 19.3. The molecule has 0 unspecified atom stereocenters. The minimum Gasteiger partial charge on any atom is -0.458 e. The lowest BCUT2D eigenvalue weighted by molar-refractivity contribution is -0.571. The van der Waals surface area contributed by atoms with Gasteiger partial charge >= 0.3 is 0 Å². The number of nitrogens with zero attached hydrogens (tertiary/aromatic N) is 4. The number of imidazole rings is 1. The molecule has 5 nitrogen and oxygen atoms in total. The van der Waals surface area contributed by atoms with Crippen LogP contribution < -0.4 is 9.30 Å². The van der Waals surface area contributed by atoms with Crippen molar-refractivity contribution in [3.63, 3.8) is 0 Å². The number of benzene rings is 8. The molecular formula is C75H74N4O. The maximum Gasteiger partial charge on any atom is 0.269 e. The Kier molecular flexibility index (Phi) is 5.54. The zero-order chi connectivity index (χ0) is 89.7. The van der Waals surface area contributed by atoms with E-state index in [0.29, 0.717) is 22.4 Å². The van der Waals surface area contributed by atoms with Crippen molar-refractivity contribution in [1.29, 1.82) is 0 Å². The van der Waals surface area contributed by atoms with Crippen molar-refractivity contribution in [3.8, 4) is 62.1 Å². The van der Waals surface area contributed by atoms with Gasteiger partial charge in [-0.05, 0) is 175 Å². The SMILES string of the molecule is [2H]c1c([2H])c2c(c([2H])c1-c1cccc(-c3c([2H])c([2H])c4c(c3[2H])C(C([2H])([2H])[2H])(C([2H])([2H])[2H])C([2H])([2H])C([2H])([2H])C4(C([2H])([2H])[2H])C([2H])([2H])[2H])c1-[n+]1[c-]n(-c3cccc(Oc4ccc5c6cc(-c7ccccc7)ccc6n(-c6cc(C([2H])([2H])C(C)(C)C)ccn6)c5c4)c3)c3ccccc31)C(C([2H])([2H])[2H])(C([2H])([2H])[2H])C([2H])([2H])C([2H])([2H])C2(C([2H])([2H])[2H])C([2H])([2H])[2H]. The van der Waals surface area contributed by atoms with Gasteiger partial charge in [0, 0.05) is 69.6 Å². The van der Waals surface area contributed by atoms with Crippen molar-refractivity contribution in [2.24, 2.45) is 5.41 Å². The summed E-state index contributed by atoms with van der Waals surface area (Å²) in [6.45, 7) is -31.2. The summed E-state index contributed by atoms with van der Waals surface area (Å²) in [5.74, 6) is 0.627. The molecule has 0 radical (unpaired) electrons. The van der Waals surface area contributed by atoms with E-state index in [2.05, 4.69) is 6.33 Å². The Bertz CT molecular complexity index is 5780. The minimum absolute atomic E-state index is 0.0215. The zero-order valence-electron chi connectivity index (χ0n) is 83.1. The third-order valence-electron chi connectivity index (χ3n) is 14.0. The van der Waals surface area contributed by atoms with Crippen LogP contribution in [0.5, 0.6) is 11.5 Å². The van der Waals surface area contributed by atoms with Crippen LogP contribution in [-0.4, -0.2) is 14.1 Å². The highest BCUT2D eigenvalue weighted by molar-refractivity contribution is 6.10. The number of ether oxygens (including phenoxy) is 1. The quantitative estimate of drug-likeness (QED) is 0.107. The molecule has 0 saturated heterocycles. The van der Waals surface area contributed by atoms with E-state index in [1.54, 1.807) is 51.1 Å². The molecular weight excluding hydrogens is 973 g/mol. The zero-order valence-corrected chi connectivity index (χ0v) is 43.1. The highest BCUT2D eigenvalue weighted by atomic mass is 16.5. The number of aromatic nitrogens is 4. The van der Waals surface area contributed by atoms with Crippen molar-refractivity contribution in [1.82, 2.24) is 14.1 Å². The number of hydrogen-bond acceptors (Lipinski definition) is 2. The molecule has 0 N–H and O–H groups in total. The fourth-order valence-corrected chi connectivity index (χ4v) is 10.4. The third kappa shape index (κ3) is 9.03. The Morgan fingerprint density at radius 2 is 1.20 bits per heavy atom. The van der Waals surface area contributed by atoms with Gasteiger partial charge in [0.2, 0.25) is 0 Å². The first kappa shape index (κ1) is 23.6. The third-order valence-corrected chi connectivity index (χ3v) is 14.0. The molecule has 13 rings (SSSR count). The second-order valence-electron chi connectivity index (χ2n) is 21.0. The van der Waals surface area contributed by atoms with Gasteiger partial charge in [-0.15, -0.1) is 0 Å². The van der Waals surface area contributed by atoms with Gasteiger partial charge in [0.25, 0.3) is 6.33 Å². The Hall–Kier alpha value is -8.02. The Labute approximate surface area is 529 Å². The van der Waals surface area contributed by atoms with E-state index in [1.165, 1.54) is 53.2 Å². The molecule has 2 aliphatic rings. The summed E-state index contributed by atoms with van der Waals surface area (Å²) in [5.41, 5.74) is -29.4. The molecule has 0 fully saturated rings. The van der Waals surface area contributed by atoms with Crippen molar-refractivity contribution in [2.75, 3.05) is 0 Å². The topological polar surface area (TPSA) is 35.9 Å². The lowest BCUT2D eigenvalue weighted by atomic mass is 9.62. The summed E-state index contributed by atoms with van der Waals surface area (Å²) in [6, 6.07) is 27.8. The molecule has 400 valence electrons. The second kappa shape index (κ2) is 18.8. The summed E-state index contributed by atoms with van der Waals surface area (Å²) >= 11 is 0. The van der Waals surface area contributed by atoms with Crippen LogP contribution in [0.3, 0.4) is 0 Å². The lowest BCUT2D eigenvalue weighted by Crippen LogP contribution is -2.34. The van der Waals surface area contributed by atoms with Crippen LogP contribution >= 0.6 is 0 Å². The number of fused-ring (bicyclic) bond motifs is 6. The number of para-hydroxylation sites is 3. The Balaban J connectivity index is 1.16. The maximum atomic E-state index is 10.4. The smallest absolute Gasteiger partial charge is 0.269 e. The fraction of sp³-hybridized carbons (Fsp3) is 0.280. The first-order valence-corrected chi connectivity index (χ1v) is 25.4. The van der Waals surface area contributed by atoms with Gasteiger partial charge in [0.1, 0.15) is 17.3 Å². The van der Waals surface area contributed by atoms with Crippen LogP contribution in [0.1, 0.15) is 184 Å². The van der Waals surface area contributed by atoms with E-state index < -0.39 is 200 Å². The average Bonchev–Trinajstić information content (AvgIpc) is 0.752. The molecule has 11 aromatic rings. The molecule has 8 aromatic carbocycles. The van der Waals surface area contributed by atoms with E-state index in [4.69, 9.17) is 42.6 Å². The first-order chi connectivity index (χ1) is 54.6. The standard InChI is InChI=1S/C75H74N4O/c1-71(2,3)47-49-35-40-76-69(41-49)79-65-34-29-51(50-19-13-12-14-20-50)42-60(65)59-31-30-56(46-68(59)79)80-55-22-17-21-54(45-55)77-48-78(67-26-16-15-25-66(67)77)70-57(52-27-32-61-63(43-52)74(8,9)38-36-72(61,4)5)23-18-24-58(70)53-28-33-62-64(44-53)75(10,11)39-37-73(62,6)7/h12-35,40-46H,36-39,47H2,1-11H3/i4D3,5D3,6D3,7D3,8D3,9D3,10D3,11D3,27D,28D,32D,33D,36D2,37D2,38D2,39D2,43D,44D,47D2. The summed E-state index contributed by atoms with van der Waals surface area (Å²) in [5, 5.41) is 1.49. The monoisotopic (exact) mass is 1090 g/mol. The number of pyridine rings is 1. The molecule has 5 heteroatoms. The van der Waals surface area contributed by atoms with Gasteiger partial charge in [0.15, 0.2) is 0 Å². The van der Waals surface area contributed by atoms with E-state index in [0.717, 1.165) is 44.7 Å². The lowest BCUT2D eigenvalue weighted by Gasteiger charge is -2.42. The van der Waals surface area contributed by atoms with Crippen molar-refractivity contribution < 1.29 is 64.1 Å². The molecule has 2 aliphatic carbocycles. The molecule has 0 aliphatic heterocycles. The van der Waals surface area contributed by atoms with Crippen LogP contribution in [0.4, 0.5) is 0 Å². The normalized spacial score (nSPS) is 27.5. The summed E-state index contributed by atoms with van der Waals surface area (Å²) in [7, 11) is 0. The van der Waals surface area contributed by atoms with E-state index in [1.807, 2.05) is 59.2 Å². The minimum atomic E-state index is -4.87. The van der Waals surface area contributed by atoms with Gasteiger partial charge in [0.05, 0.1) is 41.7 Å². The first-order valence-electron chi connectivity index (χ1n) is 45.4. The fourth-order valence-electron chi connectivity index (χ4n) is 10.4. The van der Waals surface area contributed by atoms with E-state index in [-0.39, 0.29) is 28.2 Å². The van der Waals surface area contributed by atoms with Gasteiger partial charge in [-0.3, -0.25) is 13.7 Å². The van der Waals surface area contributed by atoms with Crippen molar-refractivity contribution >= 4 is 32.8 Å². The van der Waals surface area contributed by atoms with Crippen LogP contribution in [0, 0.1) is 11.7 Å². The summed E-state index contributed by atoms with van der Waals surface area (Å²) in [6.07, 6.45) is -16.6. The van der Waals surface area contributed by atoms with E-state index in [9.17, 15) is 21.9 Å². The highest BCUT2D eigenvalue weighted by Crippen LogP contribution is 2.50. The number of hydrogen-bond donors (Lipinski definition) is 0. The highest BCUT2D eigenvalue weighted by Gasteiger charge is 2.39. The maximum absolute atomic E-state index is 10.4. The Morgan fingerprint density at radius 1 is 0.575 bits per heavy atom. The van der Waals surface area contributed by atoms with Crippen LogP contribution in [0.2, 0.25) is 0 Å². The molecule has 0 atom stereocenters. The Morgan fingerprint density at radius 3 is 1.86 bits per heavy atom. The van der Waals surface area contributed by atoms with Gasteiger partial charge < -0.3 is 4.74 Å². The summed E-state index contributed by atoms with van der Waals surface area (Å²) < 4.78 is 383. The summed E-state index contributed by atoms with van der Waals surface area (Å²) in [4.78, 5) is 4.76.